The molecule has 1 atom stereocenters. The predicted octanol–water partition coefficient (Wildman–Crippen LogP) is 2.34. The number of rotatable bonds is 6. The molecule has 1 aromatic heterocycles. The molecule has 144 valence electrons. The van der Waals surface area contributed by atoms with Crippen LogP contribution in [0.25, 0.3) is 11.0 Å². The number of nitrogens with one attached hydrogen (secondary N) is 1. The first-order valence-electron chi connectivity index (χ1n) is 9.12. The van der Waals surface area contributed by atoms with Crippen molar-refractivity contribution in [2.45, 2.75) is 52.1 Å². The molecule has 1 aliphatic rings. The van der Waals surface area contributed by atoms with Crippen molar-refractivity contribution in [3.63, 3.8) is 0 Å². The Morgan fingerprint density at radius 2 is 1.96 bits per heavy atom. The van der Waals surface area contributed by atoms with Gasteiger partial charge in [-0.05, 0) is 62.8 Å². The van der Waals surface area contributed by atoms with Gasteiger partial charge in [0.05, 0.1) is 11.8 Å². The van der Waals surface area contributed by atoms with Crippen LogP contribution in [0.1, 0.15) is 42.9 Å². The van der Waals surface area contributed by atoms with Crippen molar-refractivity contribution in [1.29, 1.82) is 0 Å². The van der Waals surface area contributed by atoms with Crippen LogP contribution < -0.4 is 15.7 Å². The quantitative estimate of drug-likeness (QED) is 0.753. The molecule has 27 heavy (non-hydrogen) atoms. The van der Waals surface area contributed by atoms with E-state index in [1.807, 2.05) is 13.0 Å². The van der Waals surface area contributed by atoms with Crippen LogP contribution >= 0.6 is 0 Å². The van der Waals surface area contributed by atoms with Crippen LogP contribution in [0.4, 0.5) is 0 Å². The molecular weight excluding hydrogens is 350 g/mol. The van der Waals surface area contributed by atoms with E-state index in [4.69, 9.17) is 14.3 Å². The van der Waals surface area contributed by atoms with Gasteiger partial charge in [0, 0.05) is 12.1 Å². The van der Waals surface area contributed by atoms with Crippen molar-refractivity contribution in [3.8, 4) is 5.75 Å². The molecule has 0 saturated carbocycles. The molecule has 1 aliphatic carbocycles. The Balaban J connectivity index is 1.93. The average Bonchev–Trinajstić information content (AvgIpc) is 2.60. The van der Waals surface area contributed by atoms with Gasteiger partial charge in [-0.1, -0.05) is 0 Å². The lowest BCUT2D eigenvalue weighted by Gasteiger charge is -2.21. The Labute approximate surface area is 156 Å². The van der Waals surface area contributed by atoms with Crippen molar-refractivity contribution in [1.82, 2.24) is 5.32 Å². The molecule has 3 rings (SSSR count). The van der Waals surface area contributed by atoms with Crippen molar-refractivity contribution in [2.75, 3.05) is 6.54 Å². The Bertz CT molecular complexity index is 946. The maximum atomic E-state index is 12.3. The number of carbonyl (C=O) groups excluding carboxylic acids is 1. The summed E-state index contributed by atoms with van der Waals surface area (Å²) >= 11 is 0. The highest BCUT2D eigenvalue weighted by atomic mass is 16.5. The summed E-state index contributed by atoms with van der Waals surface area (Å²) < 4.78 is 11.4. The van der Waals surface area contributed by atoms with Gasteiger partial charge in [0.2, 0.25) is 0 Å². The number of carbonyl (C=O) groups is 2. The lowest BCUT2D eigenvalue weighted by Crippen LogP contribution is -2.37. The summed E-state index contributed by atoms with van der Waals surface area (Å²) in [6, 6.07) is 3.63. The highest BCUT2D eigenvalue weighted by molar-refractivity contribution is 5.89. The van der Waals surface area contributed by atoms with Crippen LogP contribution in [0.3, 0.4) is 0 Å². The van der Waals surface area contributed by atoms with E-state index in [0.29, 0.717) is 23.3 Å². The lowest BCUT2D eigenvalue weighted by molar-refractivity contribution is -0.137. The molecule has 2 N–H and O–H groups in total. The number of hydrogen-bond donors (Lipinski definition) is 2. The molecule has 0 radical (unpaired) electrons. The van der Waals surface area contributed by atoms with Crippen LogP contribution in [-0.2, 0) is 22.4 Å². The van der Waals surface area contributed by atoms with E-state index in [9.17, 15) is 14.4 Å². The topological polar surface area (TPSA) is 106 Å². The monoisotopic (exact) mass is 373 g/mol. The number of fused-ring (bicyclic) bond motifs is 3. The third-order valence-corrected chi connectivity index (χ3v) is 4.74. The molecule has 0 aliphatic heterocycles. The highest BCUT2D eigenvalue weighted by Crippen LogP contribution is 2.35. The zero-order chi connectivity index (χ0) is 19.6. The molecule has 0 bridgehead atoms. The van der Waals surface area contributed by atoms with Gasteiger partial charge in [0.1, 0.15) is 11.3 Å². The molecule has 0 spiro atoms. The van der Waals surface area contributed by atoms with E-state index < -0.39 is 18.0 Å². The Kier molecular flexibility index (Phi) is 5.48. The number of carboxylic acid groups (broad SMARTS) is 1. The summed E-state index contributed by atoms with van der Waals surface area (Å²) in [5.41, 5.74) is 2.67. The summed E-state index contributed by atoms with van der Waals surface area (Å²) in [5, 5.41) is 12.0. The first-order valence-corrected chi connectivity index (χ1v) is 9.12. The summed E-state index contributed by atoms with van der Waals surface area (Å²) in [7, 11) is 0. The fourth-order valence-electron chi connectivity index (χ4n) is 3.44. The van der Waals surface area contributed by atoms with Gasteiger partial charge in [0.25, 0.3) is 5.91 Å². The molecule has 1 aromatic carbocycles. The van der Waals surface area contributed by atoms with Gasteiger partial charge in [-0.3, -0.25) is 9.59 Å². The summed E-state index contributed by atoms with van der Waals surface area (Å²) in [6.45, 7) is 3.51. The minimum absolute atomic E-state index is 0.0424. The van der Waals surface area contributed by atoms with Gasteiger partial charge < -0.3 is 19.6 Å². The third kappa shape index (κ3) is 4.13. The molecule has 0 saturated heterocycles. The molecule has 7 nitrogen and oxygen atoms in total. The minimum atomic E-state index is -0.977. The highest BCUT2D eigenvalue weighted by Gasteiger charge is 2.23. The number of aliphatic carboxylic acids is 1. The number of amides is 1. The van der Waals surface area contributed by atoms with Gasteiger partial charge in [-0.2, -0.15) is 0 Å². The predicted molar refractivity (Wildman–Crippen MR) is 99.2 cm³/mol. The van der Waals surface area contributed by atoms with Crippen molar-refractivity contribution in [3.05, 3.63) is 39.2 Å². The smallest absolute Gasteiger partial charge is 0.339 e. The number of carboxylic acids is 1. The molecule has 1 heterocycles. The molecule has 7 heteroatoms. The Morgan fingerprint density at radius 1 is 1.26 bits per heavy atom. The van der Waals surface area contributed by atoms with E-state index >= 15 is 0 Å². The first-order chi connectivity index (χ1) is 12.9. The normalized spacial score (nSPS) is 14.4. The van der Waals surface area contributed by atoms with Gasteiger partial charge >= 0.3 is 11.6 Å². The molecular formula is C20H23NO6. The third-order valence-electron chi connectivity index (χ3n) is 4.74. The van der Waals surface area contributed by atoms with Gasteiger partial charge in [-0.15, -0.1) is 0 Å². The maximum absolute atomic E-state index is 12.3. The number of aryl methyl sites for hydroxylation is 2. The molecule has 0 fully saturated rings. The summed E-state index contributed by atoms with van der Waals surface area (Å²) in [6.07, 6.45) is 2.44. The van der Waals surface area contributed by atoms with E-state index in [0.717, 1.165) is 35.8 Å². The molecule has 0 unspecified atom stereocenters. The van der Waals surface area contributed by atoms with E-state index in [1.54, 1.807) is 13.0 Å². The summed E-state index contributed by atoms with van der Waals surface area (Å²) in [4.78, 5) is 35.0. The van der Waals surface area contributed by atoms with Crippen LogP contribution in [0.2, 0.25) is 0 Å². The van der Waals surface area contributed by atoms with Crippen molar-refractivity contribution < 1.29 is 23.8 Å². The number of hydrogen-bond acceptors (Lipinski definition) is 5. The number of ether oxygens (including phenoxy) is 1. The second kappa shape index (κ2) is 7.82. The van der Waals surface area contributed by atoms with Gasteiger partial charge in [0.15, 0.2) is 6.10 Å². The molecule has 1 amide bonds. The van der Waals surface area contributed by atoms with E-state index in [-0.39, 0.29) is 18.6 Å². The number of benzene rings is 1. The zero-order valence-electron chi connectivity index (χ0n) is 15.5. The Hall–Kier alpha value is -2.83. The van der Waals surface area contributed by atoms with E-state index in [2.05, 4.69) is 5.32 Å². The fourth-order valence-corrected chi connectivity index (χ4v) is 3.44. The van der Waals surface area contributed by atoms with Gasteiger partial charge in [-0.25, -0.2) is 4.79 Å². The van der Waals surface area contributed by atoms with Crippen LogP contribution in [0.5, 0.6) is 5.75 Å². The first kappa shape index (κ1) is 18.9. The fraction of sp³-hybridized carbons (Fsp3) is 0.450. The van der Waals surface area contributed by atoms with Crippen LogP contribution in [0, 0.1) is 6.92 Å². The van der Waals surface area contributed by atoms with Crippen molar-refractivity contribution in [2.24, 2.45) is 0 Å². The lowest BCUT2D eigenvalue weighted by atomic mass is 9.90. The van der Waals surface area contributed by atoms with Crippen LogP contribution in [-0.4, -0.2) is 29.6 Å². The second-order valence-corrected chi connectivity index (χ2v) is 6.88. The largest absolute Gasteiger partial charge is 0.481 e. The second-order valence-electron chi connectivity index (χ2n) is 6.88. The minimum Gasteiger partial charge on any atom is -0.481 e. The average molecular weight is 373 g/mol. The van der Waals surface area contributed by atoms with E-state index in [1.165, 1.54) is 0 Å². The SMILES string of the molecule is Cc1cc(O[C@H](C)C(=O)NCCC(=O)O)c2c3c(c(=O)oc2c1)CCCC3. The zero-order valence-corrected chi connectivity index (χ0v) is 15.5. The Morgan fingerprint density at radius 3 is 2.67 bits per heavy atom. The molecule has 2 aromatic rings. The van der Waals surface area contributed by atoms with Crippen LogP contribution in [0.15, 0.2) is 21.3 Å². The van der Waals surface area contributed by atoms with Crippen molar-refractivity contribution >= 4 is 22.8 Å². The standard InChI is InChI=1S/C20H23NO6/c1-11-9-15(26-12(2)19(24)21-8-7-17(22)23)18-13-5-3-4-6-14(13)20(25)27-16(18)10-11/h9-10,12H,3-8H2,1-2H3,(H,21,24)(H,22,23)/t12-/m1/s1. The summed E-state index contributed by atoms with van der Waals surface area (Å²) in [5.74, 6) is -0.861. The maximum Gasteiger partial charge on any atom is 0.339 e.